The number of rotatable bonds is 5. The number of halogens is 1. The summed E-state index contributed by atoms with van der Waals surface area (Å²) >= 11 is 0. The zero-order valence-electron chi connectivity index (χ0n) is 11.9. The van der Waals surface area contributed by atoms with Crippen LogP contribution in [0.15, 0.2) is 36.8 Å². The van der Waals surface area contributed by atoms with Crippen LogP contribution < -0.4 is 4.74 Å². The summed E-state index contributed by atoms with van der Waals surface area (Å²) in [6.07, 6.45) is 4.39. The fourth-order valence-electron chi connectivity index (χ4n) is 1.93. The highest BCUT2D eigenvalue weighted by Gasteiger charge is 2.16. The van der Waals surface area contributed by atoms with Crippen molar-refractivity contribution in [1.29, 1.82) is 0 Å². The summed E-state index contributed by atoms with van der Waals surface area (Å²) in [5.41, 5.74) is 0.959. The second kappa shape index (κ2) is 6.78. The number of carbonyl (C=O) groups is 1. The van der Waals surface area contributed by atoms with E-state index in [-0.39, 0.29) is 17.4 Å². The van der Waals surface area contributed by atoms with Gasteiger partial charge in [0, 0.05) is 25.5 Å². The van der Waals surface area contributed by atoms with Gasteiger partial charge >= 0.3 is 0 Å². The fourth-order valence-corrected chi connectivity index (χ4v) is 1.93. The number of carbonyl (C=O) groups excluding carboxylic acids is 1. The smallest absolute Gasteiger partial charge is 0.274 e. The SMILES string of the molecule is CCN(Cc1ccc(OC)c(F)c1)C(=O)c1cnccn1. The highest BCUT2D eigenvalue weighted by Crippen LogP contribution is 2.19. The zero-order valence-corrected chi connectivity index (χ0v) is 11.9. The fraction of sp³-hybridized carbons (Fsp3) is 0.267. The first kappa shape index (κ1) is 14.9. The molecule has 2 rings (SSSR count). The minimum Gasteiger partial charge on any atom is -0.494 e. The zero-order chi connectivity index (χ0) is 15.2. The molecule has 0 radical (unpaired) electrons. The third kappa shape index (κ3) is 3.53. The van der Waals surface area contributed by atoms with Crippen LogP contribution in [0.4, 0.5) is 4.39 Å². The molecule has 21 heavy (non-hydrogen) atoms. The number of hydrogen-bond acceptors (Lipinski definition) is 4. The predicted octanol–water partition coefficient (Wildman–Crippen LogP) is 2.29. The second-order valence-corrected chi connectivity index (χ2v) is 4.38. The molecule has 5 nitrogen and oxygen atoms in total. The van der Waals surface area contributed by atoms with Gasteiger partial charge < -0.3 is 9.64 Å². The van der Waals surface area contributed by atoms with Crippen molar-refractivity contribution in [2.75, 3.05) is 13.7 Å². The topological polar surface area (TPSA) is 55.3 Å². The Labute approximate surface area is 122 Å². The molecule has 110 valence electrons. The van der Waals surface area contributed by atoms with Gasteiger partial charge in [-0.05, 0) is 24.6 Å². The third-order valence-electron chi connectivity index (χ3n) is 3.04. The van der Waals surface area contributed by atoms with Crippen LogP contribution in [0.2, 0.25) is 0 Å². The first-order chi connectivity index (χ1) is 10.2. The van der Waals surface area contributed by atoms with E-state index in [0.29, 0.717) is 18.7 Å². The molecular formula is C15H16FN3O2. The molecule has 6 heteroatoms. The van der Waals surface area contributed by atoms with Crippen molar-refractivity contribution < 1.29 is 13.9 Å². The molecule has 0 atom stereocenters. The Bertz CT molecular complexity index is 620. The van der Waals surface area contributed by atoms with Gasteiger partial charge in [0.25, 0.3) is 5.91 Å². The average Bonchev–Trinajstić information content (AvgIpc) is 2.53. The minimum absolute atomic E-state index is 0.182. The lowest BCUT2D eigenvalue weighted by Gasteiger charge is -2.20. The van der Waals surface area contributed by atoms with E-state index in [9.17, 15) is 9.18 Å². The number of amides is 1. The van der Waals surface area contributed by atoms with E-state index in [2.05, 4.69) is 9.97 Å². The van der Waals surface area contributed by atoms with Gasteiger partial charge in [-0.25, -0.2) is 9.37 Å². The summed E-state index contributed by atoms with van der Waals surface area (Å²) in [6, 6.07) is 4.64. The van der Waals surface area contributed by atoms with Crippen LogP contribution in [0.1, 0.15) is 23.0 Å². The molecule has 1 aromatic heterocycles. The number of benzene rings is 1. The monoisotopic (exact) mass is 289 g/mol. The van der Waals surface area contributed by atoms with E-state index in [0.717, 1.165) is 0 Å². The largest absolute Gasteiger partial charge is 0.494 e. The Kier molecular flexibility index (Phi) is 4.81. The van der Waals surface area contributed by atoms with Crippen molar-refractivity contribution in [3.05, 3.63) is 53.9 Å². The Morgan fingerprint density at radius 3 is 2.76 bits per heavy atom. The molecule has 2 aromatic rings. The molecule has 1 aromatic carbocycles. The summed E-state index contributed by atoms with van der Waals surface area (Å²) < 4.78 is 18.6. The molecule has 0 aliphatic heterocycles. The van der Waals surface area contributed by atoms with E-state index in [4.69, 9.17) is 4.74 Å². The third-order valence-corrected chi connectivity index (χ3v) is 3.04. The number of hydrogen-bond donors (Lipinski definition) is 0. The standard InChI is InChI=1S/C15H16FN3O2/c1-3-19(15(20)13-9-17-6-7-18-13)10-11-4-5-14(21-2)12(16)8-11/h4-9H,3,10H2,1-2H3. The molecule has 0 N–H and O–H groups in total. The molecule has 1 heterocycles. The van der Waals surface area contributed by atoms with E-state index < -0.39 is 5.82 Å². The minimum atomic E-state index is -0.446. The van der Waals surface area contributed by atoms with Gasteiger partial charge in [0.15, 0.2) is 11.6 Å². The van der Waals surface area contributed by atoms with Crippen LogP contribution in [-0.2, 0) is 6.54 Å². The lowest BCUT2D eigenvalue weighted by Crippen LogP contribution is -2.31. The van der Waals surface area contributed by atoms with E-state index >= 15 is 0 Å². The first-order valence-electron chi connectivity index (χ1n) is 6.53. The van der Waals surface area contributed by atoms with Gasteiger partial charge in [-0.15, -0.1) is 0 Å². The lowest BCUT2D eigenvalue weighted by atomic mass is 10.2. The molecule has 1 amide bonds. The predicted molar refractivity (Wildman–Crippen MR) is 75.4 cm³/mol. The molecule has 0 bridgehead atoms. The summed E-state index contributed by atoms with van der Waals surface area (Å²) in [4.78, 5) is 21.7. The van der Waals surface area contributed by atoms with Crippen molar-refractivity contribution in [2.24, 2.45) is 0 Å². The van der Waals surface area contributed by atoms with E-state index in [1.807, 2.05) is 6.92 Å². The summed E-state index contributed by atoms with van der Waals surface area (Å²) in [5, 5.41) is 0. The number of nitrogens with zero attached hydrogens (tertiary/aromatic N) is 3. The highest BCUT2D eigenvalue weighted by molar-refractivity contribution is 5.91. The highest BCUT2D eigenvalue weighted by atomic mass is 19.1. The molecule has 0 aliphatic carbocycles. The van der Waals surface area contributed by atoms with E-state index in [1.165, 1.54) is 31.8 Å². The van der Waals surface area contributed by atoms with Gasteiger partial charge in [-0.2, -0.15) is 0 Å². The normalized spacial score (nSPS) is 10.2. The second-order valence-electron chi connectivity index (χ2n) is 4.38. The summed E-state index contributed by atoms with van der Waals surface area (Å²) in [5.74, 6) is -0.498. The Morgan fingerprint density at radius 2 is 2.19 bits per heavy atom. The average molecular weight is 289 g/mol. The molecule has 0 spiro atoms. The van der Waals surface area contributed by atoms with Crippen LogP contribution in [0.3, 0.4) is 0 Å². The van der Waals surface area contributed by atoms with Crippen LogP contribution in [0.5, 0.6) is 5.75 Å². The summed E-state index contributed by atoms with van der Waals surface area (Å²) in [6.45, 7) is 2.64. The number of ether oxygens (including phenoxy) is 1. The van der Waals surface area contributed by atoms with Crippen molar-refractivity contribution in [3.63, 3.8) is 0 Å². The lowest BCUT2D eigenvalue weighted by molar-refractivity contribution is 0.0746. The number of methoxy groups -OCH3 is 1. The quantitative estimate of drug-likeness (QED) is 0.847. The summed E-state index contributed by atoms with van der Waals surface area (Å²) in [7, 11) is 1.41. The Balaban J connectivity index is 2.16. The molecule has 0 fully saturated rings. The van der Waals surface area contributed by atoms with Crippen molar-refractivity contribution in [3.8, 4) is 5.75 Å². The van der Waals surface area contributed by atoms with Gasteiger partial charge in [-0.1, -0.05) is 6.07 Å². The molecule has 0 aliphatic rings. The van der Waals surface area contributed by atoms with Crippen LogP contribution in [-0.4, -0.2) is 34.4 Å². The molecular weight excluding hydrogens is 273 g/mol. The first-order valence-corrected chi connectivity index (χ1v) is 6.53. The van der Waals surface area contributed by atoms with Gasteiger partial charge in [0.05, 0.1) is 13.3 Å². The van der Waals surface area contributed by atoms with Crippen LogP contribution in [0.25, 0.3) is 0 Å². The van der Waals surface area contributed by atoms with Gasteiger partial charge in [-0.3, -0.25) is 9.78 Å². The maximum absolute atomic E-state index is 13.7. The molecule has 0 saturated carbocycles. The van der Waals surface area contributed by atoms with Crippen LogP contribution >= 0.6 is 0 Å². The van der Waals surface area contributed by atoms with Gasteiger partial charge in [0.2, 0.25) is 0 Å². The Morgan fingerprint density at radius 1 is 1.38 bits per heavy atom. The van der Waals surface area contributed by atoms with Crippen molar-refractivity contribution in [2.45, 2.75) is 13.5 Å². The van der Waals surface area contributed by atoms with Crippen molar-refractivity contribution >= 4 is 5.91 Å². The maximum Gasteiger partial charge on any atom is 0.274 e. The van der Waals surface area contributed by atoms with E-state index in [1.54, 1.807) is 17.0 Å². The Hall–Kier alpha value is -2.50. The molecule has 0 saturated heterocycles. The number of aromatic nitrogens is 2. The maximum atomic E-state index is 13.7. The van der Waals surface area contributed by atoms with Gasteiger partial charge in [0.1, 0.15) is 5.69 Å². The molecule has 0 unspecified atom stereocenters. The van der Waals surface area contributed by atoms with Crippen LogP contribution in [0, 0.1) is 5.82 Å². The van der Waals surface area contributed by atoms with Crippen molar-refractivity contribution in [1.82, 2.24) is 14.9 Å².